The number of piperidine rings is 1. The van der Waals surface area contributed by atoms with Gasteiger partial charge in [0.25, 0.3) is 17.7 Å². The van der Waals surface area contributed by atoms with Crippen LogP contribution in [-0.4, -0.2) is 219 Å². The second-order valence-corrected chi connectivity index (χ2v) is 31.9. The number of piperazine rings is 1. The maximum Gasteiger partial charge on any atom is 0.254 e. The quantitative estimate of drug-likeness (QED) is 0.0141. The van der Waals surface area contributed by atoms with Gasteiger partial charge in [0.15, 0.2) is 11.6 Å². The number of imide groups is 1. The Morgan fingerprint density at radius 2 is 1.51 bits per heavy atom. The van der Waals surface area contributed by atoms with Gasteiger partial charge in [0.2, 0.25) is 35.4 Å². The third-order valence-corrected chi connectivity index (χ3v) is 23.4. The number of primary amides is 1. The van der Waals surface area contributed by atoms with Gasteiger partial charge in [0.05, 0.1) is 47.4 Å². The number of pyridine rings is 1. The molecule has 113 heavy (non-hydrogen) atoms. The van der Waals surface area contributed by atoms with E-state index in [4.69, 9.17) is 34.9 Å². The zero-order chi connectivity index (χ0) is 79.5. The number of para-hydroxylation sites is 1. The minimum Gasteiger partial charge on any atom is -0.488 e. The average Bonchev–Trinajstić information content (AvgIpc) is 1.64. The summed E-state index contributed by atoms with van der Waals surface area (Å²) in [5.41, 5.74) is 17.2. The van der Waals surface area contributed by atoms with Gasteiger partial charge in [-0.2, -0.15) is 5.26 Å². The number of rotatable bonds is 36. The molecule has 0 spiro atoms. The van der Waals surface area contributed by atoms with Crippen molar-refractivity contribution in [3.05, 3.63) is 138 Å². The minimum atomic E-state index is -1.38. The van der Waals surface area contributed by atoms with Crippen molar-refractivity contribution in [2.45, 2.75) is 191 Å². The van der Waals surface area contributed by atoms with E-state index in [2.05, 4.69) is 68.8 Å². The Kier molecular flexibility index (Phi) is 26.0. The Labute approximate surface area is 659 Å². The van der Waals surface area contributed by atoms with Crippen LogP contribution in [0.2, 0.25) is 0 Å². The van der Waals surface area contributed by atoms with Crippen molar-refractivity contribution in [3.8, 4) is 34.8 Å². The molecule has 2 aliphatic carbocycles. The van der Waals surface area contributed by atoms with Crippen molar-refractivity contribution >= 4 is 64.2 Å². The van der Waals surface area contributed by atoms with E-state index in [1.807, 2.05) is 83.5 Å². The van der Waals surface area contributed by atoms with Crippen LogP contribution in [-0.2, 0) is 44.9 Å². The van der Waals surface area contributed by atoms with Gasteiger partial charge in [0, 0.05) is 131 Å². The Bertz CT molecular complexity index is 4390. The molecule has 13 rings (SSSR count). The van der Waals surface area contributed by atoms with Crippen molar-refractivity contribution < 1.29 is 62.1 Å². The van der Waals surface area contributed by atoms with Crippen molar-refractivity contribution in [2.24, 2.45) is 17.1 Å². The highest BCUT2D eigenvalue weighted by Crippen LogP contribution is 2.45. The van der Waals surface area contributed by atoms with E-state index < -0.39 is 41.3 Å². The van der Waals surface area contributed by atoms with Crippen LogP contribution in [0.15, 0.2) is 120 Å². The summed E-state index contributed by atoms with van der Waals surface area (Å²) in [7, 11) is 3.96. The highest BCUT2D eigenvalue weighted by molar-refractivity contribution is 6.13. The molecule has 600 valence electrons. The first kappa shape index (κ1) is 80.5. The first-order chi connectivity index (χ1) is 54.6. The molecule has 7 aliphatic rings. The van der Waals surface area contributed by atoms with Gasteiger partial charge in [-0.1, -0.05) is 56.7 Å². The molecule has 2 saturated carbocycles. The number of nitrogens with zero attached hydrogens (tertiary/aromatic N) is 12. The molecule has 5 aliphatic heterocycles. The second-order valence-electron chi connectivity index (χ2n) is 31.9. The molecule has 2 bridgehead atoms. The van der Waals surface area contributed by atoms with Gasteiger partial charge in [0.1, 0.15) is 48.5 Å². The summed E-state index contributed by atoms with van der Waals surface area (Å²) in [6, 6.07) is 30.1. The average molecular weight is 1550 g/mol. The molecule has 8 heterocycles. The molecule has 7 atom stereocenters. The van der Waals surface area contributed by atoms with Gasteiger partial charge in [-0.15, -0.1) is 10.2 Å². The lowest BCUT2D eigenvalue weighted by atomic mass is 9.67. The molecule has 3 aromatic carbocycles. The number of aromatic nitrogens is 4. The summed E-state index contributed by atoms with van der Waals surface area (Å²) >= 11 is 0. The summed E-state index contributed by atoms with van der Waals surface area (Å²) < 4.78 is 31.4. The zero-order valence-electron chi connectivity index (χ0n) is 65.3. The standard InChI is InChI=1S/C84H106N16O13/c1-53(2)77(81(106)99-51-62(101)43-70(99)80(105)89-54(3)57-21-17-55(48-85)18-22-57)72-47-74(93-113-72)109-41-40-95-38-30-63(31-39-95)111-64-44-65(45-64)112-73-42-59(29-34-88-73)100-60-25-26-61(100)50-96(49-60)69-46-67(91-92-78(69)86)66-14-7-8-16-71(66)110-52-56-19-23-58(24-20-56)90-79(104)68(15-9-12-35-94(4)5)97(83(108)84(82(87)107)32-13-33-84)36-10-6-11-37-98-75(102)27-28-76(98)103/h7-8,14,16-24,27-29,34,42,46-47,53-54,60-65,68,70,77,101H,6,9-13,15,25-26,30-33,35-41,43-45,49-52H2,1-5H3,(H2,86,92)(H2,87,107)(H,89,105)(H,90,104)/t54-,60?,61?,62-,64?,65?,68+,70+,77-/m1/s1. The summed E-state index contributed by atoms with van der Waals surface area (Å²) in [4.78, 5) is 112. The number of nitrogens with one attached hydrogen (secondary N) is 2. The lowest BCUT2D eigenvalue weighted by Crippen LogP contribution is -2.59. The van der Waals surface area contributed by atoms with Crippen molar-refractivity contribution in [3.63, 3.8) is 0 Å². The number of amides is 7. The lowest BCUT2D eigenvalue weighted by molar-refractivity contribution is -0.159. The Hall–Kier alpha value is -10.5. The fourth-order valence-corrected chi connectivity index (χ4v) is 16.8. The SMILES string of the molecule is CC(C)[C@@H](C(=O)N1C[C@H](O)C[C@H]1C(=O)N[C@H](C)c1ccc(C#N)cc1)c1cc(OCCN2CCC(OC3CC(Oc4cc(N5C6CCC5CN(c5cc(-c7ccccc7OCc7ccc(NC(=O)[C@H](CCCCN(C)C)N(CCCCCN8C(=O)C=CC8=O)C(=O)C8(C(N)=O)CCC8)cc7)nnc5N)C6)ccn4)C3)CC2)no1. The molecule has 0 radical (unpaired) electrons. The maximum atomic E-state index is 14.6. The fourth-order valence-electron chi connectivity index (χ4n) is 16.8. The summed E-state index contributed by atoms with van der Waals surface area (Å²) in [6.07, 6.45) is 13.9. The third kappa shape index (κ3) is 19.2. The Morgan fingerprint density at radius 3 is 2.20 bits per heavy atom. The van der Waals surface area contributed by atoms with Gasteiger partial charge in [-0.25, -0.2) is 4.98 Å². The smallest absolute Gasteiger partial charge is 0.254 e. The van der Waals surface area contributed by atoms with E-state index in [-0.39, 0.29) is 110 Å². The molecule has 2 unspecified atom stereocenters. The predicted octanol–water partition coefficient (Wildman–Crippen LogP) is 8.08. The number of benzene rings is 3. The van der Waals surface area contributed by atoms with Crippen LogP contribution in [0.4, 0.5) is 22.9 Å². The summed E-state index contributed by atoms with van der Waals surface area (Å²) in [5, 5.41) is 39.2. The zero-order valence-corrected chi connectivity index (χ0v) is 65.3. The molecule has 29 heteroatoms. The molecule has 7 amide bonds. The predicted molar refractivity (Wildman–Crippen MR) is 422 cm³/mol. The number of carbonyl (C=O) groups is 7. The largest absolute Gasteiger partial charge is 0.488 e. The van der Waals surface area contributed by atoms with Crippen LogP contribution in [0, 0.1) is 22.7 Å². The van der Waals surface area contributed by atoms with Crippen LogP contribution in [0.25, 0.3) is 11.3 Å². The number of hydrogen-bond donors (Lipinski definition) is 5. The van der Waals surface area contributed by atoms with E-state index in [1.165, 1.54) is 22.0 Å². The molecule has 3 aromatic heterocycles. The molecule has 6 fully saturated rings. The number of nitrogen functional groups attached to an aromatic ring is 1. The van der Waals surface area contributed by atoms with Crippen LogP contribution >= 0.6 is 0 Å². The summed E-state index contributed by atoms with van der Waals surface area (Å²) in [5.74, 6) is -1.73. The van der Waals surface area contributed by atoms with Crippen LogP contribution in [0.3, 0.4) is 0 Å². The Balaban J connectivity index is 0.549. The molecule has 7 N–H and O–H groups in total. The fraction of sp³-hybridized carbons (Fsp3) is 0.524. The number of nitriles is 1. The van der Waals surface area contributed by atoms with Gasteiger partial charge in [-0.05, 0) is 175 Å². The van der Waals surface area contributed by atoms with Gasteiger partial charge in [-0.3, -0.25) is 43.4 Å². The van der Waals surface area contributed by atoms with E-state index in [1.54, 1.807) is 47.4 Å². The third-order valence-electron chi connectivity index (χ3n) is 23.4. The number of fused-ring (bicyclic) bond motifs is 2. The second kappa shape index (κ2) is 36.5. The number of hydrogen-bond acceptors (Lipinski definition) is 23. The molecule has 29 nitrogen and oxygen atoms in total. The monoisotopic (exact) mass is 1550 g/mol. The molecule has 4 saturated heterocycles. The number of ether oxygens (including phenoxy) is 4. The maximum absolute atomic E-state index is 14.6. The number of likely N-dealkylation sites (tertiary alicyclic amines) is 2. The normalized spacial score (nSPS) is 21.5. The van der Waals surface area contributed by atoms with Crippen molar-refractivity contribution in [1.29, 1.82) is 5.26 Å². The number of unbranched alkanes of at least 4 members (excludes halogenated alkanes) is 3. The number of nitrogens with two attached hydrogens (primary N) is 2. The lowest BCUT2D eigenvalue weighted by Gasteiger charge is -2.43. The number of anilines is 4. The Morgan fingerprint density at radius 1 is 0.788 bits per heavy atom. The minimum absolute atomic E-state index is 0.000390. The van der Waals surface area contributed by atoms with E-state index in [0.29, 0.717) is 105 Å². The molecular formula is C84H106N16O13. The first-order valence-electron chi connectivity index (χ1n) is 40.0. The first-order valence-corrected chi connectivity index (χ1v) is 40.0. The molecular weight excluding hydrogens is 1440 g/mol. The topological polar surface area (TPSA) is 364 Å². The van der Waals surface area contributed by atoms with Crippen molar-refractivity contribution in [2.75, 3.05) is 100 Å². The van der Waals surface area contributed by atoms with Gasteiger partial charge < -0.3 is 75.2 Å². The van der Waals surface area contributed by atoms with Gasteiger partial charge >= 0.3 is 0 Å². The van der Waals surface area contributed by atoms with Crippen LogP contribution in [0.5, 0.6) is 17.5 Å². The number of carbonyl (C=O) groups excluding carboxylic acids is 7. The van der Waals surface area contributed by atoms with Crippen molar-refractivity contribution in [1.82, 2.24) is 50.2 Å². The number of β-amino-alcohol motifs (C(OH)–C–C–N with tert-alkyl or cyclic N) is 1. The van der Waals surface area contributed by atoms with E-state index in [0.717, 1.165) is 106 Å². The number of aliphatic hydroxyl groups is 1. The van der Waals surface area contributed by atoms with E-state index >= 15 is 0 Å². The highest BCUT2D eigenvalue weighted by Gasteiger charge is 2.53. The highest BCUT2D eigenvalue weighted by atomic mass is 16.5. The summed E-state index contributed by atoms with van der Waals surface area (Å²) in [6.45, 7) is 11.3. The molecule has 6 aromatic rings. The van der Waals surface area contributed by atoms with Crippen LogP contribution < -0.4 is 46.1 Å². The number of aliphatic hydroxyl groups excluding tert-OH is 1. The van der Waals surface area contributed by atoms with E-state index in [9.17, 15) is 43.9 Å². The van der Waals surface area contributed by atoms with Crippen LogP contribution in [0.1, 0.15) is 158 Å².